The lowest BCUT2D eigenvalue weighted by Crippen LogP contribution is -2.32. The third-order valence-corrected chi connectivity index (χ3v) is 3.37. The van der Waals surface area contributed by atoms with Crippen molar-refractivity contribution in [1.29, 1.82) is 0 Å². The Morgan fingerprint density at radius 2 is 1.84 bits per heavy atom. The number of rotatable bonds is 7. The Kier molecular flexibility index (Phi) is 6.36. The average Bonchev–Trinajstić information content (AvgIpc) is 2.34. The highest BCUT2D eigenvalue weighted by molar-refractivity contribution is 5.55. The molecule has 0 fully saturated rings. The van der Waals surface area contributed by atoms with Gasteiger partial charge in [-0.3, -0.25) is 0 Å². The smallest absolute Gasteiger partial charge is 0.0398 e. The Hall–Kier alpha value is -1.02. The molecule has 0 heterocycles. The van der Waals surface area contributed by atoms with E-state index in [9.17, 15) is 0 Å². The van der Waals surface area contributed by atoms with Crippen molar-refractivity contribution < 1.29 is 0 Å². The third kappa shape index (κ3) is 4.87. The van der Waals surface area contributed by atoms with Crippen LogP contribution in [0.1, 0.15) is 52.2 Å². The van der Waals surface area contributed by atoms with Crippen LogP contribution in [0.3, 0.4) is 0 Å². The van der Waals surface area contributed by atoms with Crippen LogP contribution < -0.4 is 10.2 Å². The maximum Gasteiger partial charge on any atom is 0.0398 e. The van der Waals surface area contributed by atoms with Gasteiger partial charge >= 0.3 is 0 Å². The molecular formula is C17H30N2. The van der Waals surface area contributed by atoms with Crippen LogP contribution in [0.15, 0.2) is 18.2 Å². The molecule has 0 aliphatic carbocycles. The molecule has 0 aliphatic heterocycles. The van der Waals surface area contributed by atoms with Crippen molar-refractivity contribution in [2.45, 2.75) is 66.6 Å². The Bertz CT molecular complexity index is 383. The van der Waals surface area contributed by atoms with E-state index < -0.39 is 0 Å². The molecule has 0 spiro atoms. The van der Waals surface area contributed by atoms with Gasteiger partial charge in [0.2, 0.25) is 0 Å². The van der Waals surface area contributed by atoms with Crippen LogP contribution in [-0.4, -0.2) is 18.6 Å². The first-order valence-electron chi connectivity index (χ1n) is 7.55. The van der Waals surface area contributed by atoms with E-state index in [1.807, 2.05) is 0 Å². The van der Waals surface area contributed by atoms with Crippen LogP contribution in [0, 0.1) is 6.92 Å². The molecule has 1 aromatic carbocycles. The van der Waals surface area contributed by atoms with E-state index in [0.29, 0.717) is 12.1 Å². The summed E-state index contributed by atoms with van der Waals surface area (Å²) in [6.07, 6.45) is 1.19. The highest BCUT2D eigenvalue weighted by atomic mass is 15.1. The predicted octanol–water partition coefficient (Wildman–Crippen LogP) is 4.12. The van der Waals surface area contributed by atoms with Gasteiger partial charge in [0.25, 0.3) is 0 Å². The maximum absolute atomic E-state index is 3.47. The zero-order valence-electron chi connectivity index (χ0n) is 13.5. The standard InChI is InChI=1S/C17H30N2/c1-7-10-19(14(4)5)17-9-8-16(11-15(17)6)12-18-13(2)3/h8-9,11,13-14,18H,7,10,12H2,1-6H3. The van der Waals surface area contributed by atoms with Gasteiger partial charge in [0.1, 0.15) is 0 Å². The molecule has 19 heavy (non-hydrogen) atoms. The van der Waals surface area contributed by atoms with Crippen LogP contribution in [0.25, 0.3) is 0 Å². The van der Waals surface area contributed by atoms with E-state index in [2.05, 4.69) is 70.0 Å². The predicted molar refractivity (Wildman–Crippen MR) is 85.9 cm³/mol. The van der Waals surface area contributed by atoms with Gasteiger partial charge in [-0.15, -0.1) is 0 Å². The fraction of sp³-hybridized carbons (Fsp3) is 0.647. The molecule has 1 rings (SSSR count). The van der Waals surface area contributed by atoms with Crippen molar-refractivity contribution in [3.63, 3.8) is 0 Å². The van der Waals surface area contributed by atoms with Crippen molar-refractivity contribution in [2.75, 3.05) is 11.4 Å². The molecule has 2 nitrogen and oxygen atoms in total. The number of benzene rings is 1. The molecule has 0 atom stereocenters. The van der Waals surface area contributed by atoms with Crippen molar-refractivity contribution >= 4 is 5.69 Å². The first-order valence-corrected chi connectivity index (χ1v) is 7.55. The van der Waals surface area contributed by atoms with Crippen LogP contribution >= 0.6 is 0 Å². The molecule has 0 radical (unpaired) electrons. The molecule has 0 saturated heterocycles. The van der Waals surface area contributed by atoms with Gasteiger partial charge in [-0.2, -0.15) is 0 Å². The monoisotopic (exact) mass is 262 g/mol. The van der Waals surface area contributed by atoms with E-state index in [1.165, 1.54) is 23.2 Å². The number of aryl methyl sites for hydroxylation is 1. The molecule has 1 N–H and O–H groups in total. The highest BCUT2D eigenvalue weighted by Crippen LogP contribution is 2.23. The number of anilines is 1. The largest absolute Gasteiger partial charge is 0.369 e. The van der Waals surface area contributed by atoms with Crippen LogP contribution in [0.5, 0.6) is 0 Å². The Morgan fingerprint density at radius 1 is 1.16 bits per heavy atom. The minimum absolute atomic E-state index is 0.534. The van der Waals surface area contributed by atoms with Gasteiger partial charge in [-0.25, -0.2) is 0 Å². The van der Waals surface area contributed by atoms with E-state index in [1.54, 1.807) is 0 Å². The zero-order valence-corrected chi connectivity index (χ0v) is 13.5. The summed E-state index contributed by atoms with van der Waals surface area (Å²) in [7, 11) is 0. The number of nitrogens with one attached hydrogen (secondary N) is 1. The fourth-order valence-corrected chi connectivity index (χ4v) is 2.37. The maximum atomic E-state index is 3.47. The molecular weight excluding hydrogens is 232 g/mol. The van der Waals surface area contributed by atoms with E-state index in [-0.39, 0.29) is 0 Å². The molecule has 108 valence electrons. The highest BCUT2D eigenvalue weighted by Gasteiger charge is 2.12. The summed E-state index contributed by atoms with van der Waals surface area (Å²) < 4.78 is 0. The lowest BCUT2D eigenvalue weighted by atomic mass is 10.1. The summed E-state index contributed by atoms with van der Waals surface area (Å²) in [5.41, 5.74) is 4.13. The van der Waals surface area contributed by atoms with Crippen molar-refractivity contribution in [2.24, 2.45) is 0 Å². The summed E-state index contributed by atoms with van der Waals surface area (Å²) in [5, 5.41) is 3.47. The Balaban J connectivity index is 2.86. The van der Waals surface area contributed by atoms with Gasteiger partial charge in [0, 0.05) is 30.9 Å². The first-order chi connectivity index (χ1) is 8.95. The number of hydrogen-bond donors (Lipinski definition) is 1. The molecule has 0 amide bonds. The van der Waals surface area contributed by atoms with Crippen LogP contribution in [0.2, 0.25) is 0 Å². The van der Waals surface area contributed by atoms with Crippen molar-refractivity contribution in [3.05, 3.63) is 29.3 Å². The summed E-state index contributed by atoms with van der Waals surface area (Å²) >= 11 is 0. The Morgan fingerprint density at radius 3 is 2.32 bits per heavy atom. The van der Waals surface area contributed by atoms with Gasteiger partial charge in [-0.1, -0.05) is 32.9 Å². The summed E-state index contributed by atoms with van der Waals surface area (Å²) in [6.45, 7) is 15.4. The third-order valence-electron chi connectivity index (χ3n) is 3.37. The zero-order chi connectivity index (χ0) is 14.4. The number of nitrogens with zero attached hydrogens (tertiary/aromatic N) is 1. The molecule has 0 unspecified atom stereocenters. The van der Waals surface area contributed by atoms with Gasteiger partial charge in [-0.05, 0) is 44.4 Å². The van der Waals surface area contributed by atoms with Crippen LogP contribution in [0.4, 0.5) is 5.69 Å². The van der Waals surface area contributed by atoms with E-state index >= 15 is 0 Å². The van der Waals surface area contributed by atoms with Gasteiger partial charge in [0.15, 0.2) is 0 Å². The summed E-state index contributed by atoms with van der Waals surface area (Å²) in [4.78, 5) is 2.50. The number of hydrogen-bond acceptors (Lipinski definition) is 2. The van der Waals surface area contributed by atoms with E-state index in [4.69, 9.17) is 0 Å². The first kappa shape index (κ1) is 16.0. The van der Waals surface area contributed by atoms with Crippen LogP contribution in [-0.2, 0) is 6.54 Å². The van der Waals surface area contributed by atoms with Crippen molar-refractivity contribution in [3.8, 4) is 0 Å². The average molecular weight is 262 g/mol. The second-order valence-corrected chi connectivity index (χ2v) is 5.94. The molecule has 0 aliphatic rings. The second kappa shape index (κ2) is 7.54. The molecule has 0 bridgehead atoms. The summed E-state index contributed by atoms with van der Waals surface area (Å²) in [6, 6.07) is 7.94. The lowest BCUT2D eigenvalue weighted by molar-refractivity contribution is 0.588. The quantitative estimate of drug-likeness (QED) is 0.795. The second-order valence-electron chi connectivity index (χ2n) is 5.94. The summed E-state index contributed by atoms with van der Waals surface area (Å²) in [5.74, 6) is 0. The SMILES string of the molecule is CCCN(c1ccc(CNC(C)C)cc1C)C(C)C. The topological polar surface area (TPSA) is 15.3 Å². The normalized spacial score (nSPS) is 11.4. The van der Waals surface area contributed by atoms with E-state index in [0.717, 1.165) is 13.1 Å². The lowest BCUT2D eigenvalue weighted by Gasteiger charge is -2.30. The molecule has 2 heteroatoms. The van der Waals surface area contributed by atoms with Crippen molar-refractivity contribution in [1.82, 2.24) is 5.32 Å². The van der Waals surface area contributed by atoms with Gasteiger partial charge in [0.05, 0.1) is 0 Å². The minimum Gasteiger partial charge on any atom is -0.369 e. The van der Waals surface area contributed by atoms with Gasteiger partial charge < -0.3 is 10.2 Å². The minimum atomic E-state index is 0.534. The molecule has 1 aromatic rings. The fourth-order valence-electron chi connectivity index (χ4n) is 2.37. The molecule has 0 saturated carbocycles. The molecule has 0 aromatic heterocycles. The Labute approximate surface area is 119 Å².